The van der Waals surface area contributed by atoms with Gasteiger partial charge < -0.3 is 15.1 Å². The molecule has 31 heavy (non-hydrogen) atoms. The summed E-state index contributed by atoms with van der Waals surface area (Å²) in [6, 6.07) is 7.08. The molecule has 0 heterocycles. The number of carboxylic acid groups (broad SMARTS) is 1. The van der Waals surface area contributed by atoms with Gasteiger partial charge in [-0.2, -0.15) is 13.2 Å². The minimum Gasteiger partial charge on any atom is -0.481 e. The van der Waals surface area contributed by atoms with E-state index < -0.39 is 47.8 Å². The Labute approximate surface area is 186 Å². The number of anilines is 1. The van der Waals surface area contributed by atoms with Gasteiger partial charge in [0.15, 0.2) is 5.60 Å². The number of alkyl halides is 3. The number of amides is 1. The summed E-state index contributed by atoms with van der Waals surface area (Å²) in [5, 5.41) is 19.4. The molecule has 2 N–H and O–H groups in total. The standard InChI is InChI=1S/C22H25BrF3NO4/c23-15-2-1-3-16(10-15)27(17(28)14-11-21(31,12-14)22(24,25)26)13-19-4-7-20(8-5-19,9-6-19)18(29)30/h1-3,10,14,31H,4-9,11-13H2,(H,29,30)/t14-,19?,20?,21+. The molecule has 4 aliphatic rings. The minimum atomic E-state index is -4.75. The van der Waals surface area contributed by atoms with E-state index in [4.69, 9.17) is 0 Å². The van der Waals surface area contributed by atoms with E-state index in [2.05, 4.69) is 15.9 Å². The highest BCUT2D eigenvalue weighted by atomic mass is 79.9. The normalized spacial score (nSPS) is 34.8. The van der Waals surface area contributed by atoms with Gasteiger partial charge in [-0.3, -0.25) is 9.59 Å². The predicted molar refractivity (Wildman–Crippen MR) is 110 cm³/mol. The second-order valence-corrected chi connectivity index (χ2v) is 10.5. The predicted octanol–water partition coefficient (Wildman–Crippen LogP) is 4.91. The van der Waals surface area contributed by atoms with Gasteiger partial charge in [0.05, 0.1) is 5.41 Å². The van der Waals surface area contributed by atoms with Crippen LogP contribution in [0.5, 0.6) is 0 Å². The Morgan fingerprint density at radius 2 is 1.68 bits per heavy atom. The van der Waals surface area contributed by atoms with Crippen LogP contribution in [-0.4, -0.2) is 40.4 Å². The Morgan fingerprint density at radius 3 is 2.16 bits per heavy atom. The van der Waals surface area contributed by atoms with E-state index in [1.807, 2.05) is 0 Å². The first kappa shape index (κ1) is 22.6. The topological polar surface area (TPSA) is 77.8 Å². The Hall–Kier alpha value is -1.61. The van der Waals surface area contributed by atoms with E-state index in [0.29, 0.717) is 50.8 Å². The Balaban J connectivity index is 1.56. The maximum atomic E-state index is 13.3. The highest BCUT2D eigenvalue weighted by Gasteiger charge is 2.63. The molecule has 4 saturated carbocycles. The second kappa shape index (κ2) is 7.47. The third-order valence-corrected chi connectivity index (χ3v) is 8.27. The number of carbonyl (C=O) groups is 2. The number of fused-ring (bicyclic) bond motifs is 3. The lowest BCUT2D eigenvalue weighted by atomic mass is 9.53. The lowest BCUT2D eigenvalue weighted by Gasteiger charge is -2.53. The lowest BCUT2D eigenvalue weighted by molar-refractivity contribution is -0.295. The first-order chi connectivity index (χ1) is 14.4. The van der Waals surface area contributed by atoms with Gasteiger partial charge in [0.25, 0.3) is 0 Å². The summed E-state index contributed by atoms with van der Waals surface area (Å²) >= 11 is 3.39. The maximum Gasteiger partial charge on any atom is 0.417 e. The first-order valence-corrected chi connectivity index (χ1v) is 11.3. The molecule has 5 rings (SSSR count). The van der Waals surface area contributed by atoms with E-state index in [0.717, 1.165) is 4.47 Å². The lowest BCUT2D eigenvalue weighted by Crippen LogP contribution is -2.60. The van der Waals surface area contributed by atoms with E-state index in [-0.39, 0.29) is 5.41 Å². The minimum absolute atomic E-state index is 0.237. The highest BCUT2D eigenvalue weighted by Crippen LogP contribution is 2.58. The third-order valence-electron chi connectivity index (χ3n) is 7.78. The van der Waals surface area contributed by atoms with Crippen LogP contribution in [-0.2, 0) is 9.59 Å². The molecule has 2 bridgehead atoms. The van der Waals surface area contributed by atoms with Crippen LogP contribution < -0.4 is 4.90 Å². The van der Waals surface area contributed by atoms with E-state index in [1.54, 1.807) is 29.2 Å². The monoisotopic (exact) mass is 503 g/mol. The van der Waals surface area contributed by atoms with Crippen LogP contribution in [0.2, 0.25) is 0 Å². The van der Waals surface area contributed by atoms with Crippen LogP contribution in [0, 0.1) is 16.7 Å². The van der Waals surface area contributed by atoms with Crippen LogP contribution in [0.15, 0.2) is 28.7 Å². The summed E-state index contributed by atoms with van der Waals surface area (Å²) in [5.74, 6) is -2.07. The van der Waals surface area contributed by atoms with Crippen LogP contribution in [0.25, 0.3) is 0 Å². The van der Waals surface area contributed by atoms with Crippen molar-refractivity contribution in [1.82, 2.24) is 0 Å². The van der Waals surface area contributed by atoms with Crippen LogP contribution in [0.3, 0.4) is 0 Å². The number of hydrogen-bond donors (Lipinski definition) is 2. The Morgan fingerprint density at radius 1 is 1.10 bits per heavy atom. The average Bonchev–Trinajstić information content (AvgIpc) is 2.69. The molecule has 170 valence electrons. The molecule has 0 atom stereocenters. The van der Waals surface area contributed by atoms with Crippen molar-refractivity contribution in [3.05, 3.63) is 28.7 Å². The molecular weight excluding hydrogens is 479 g/mol. The number of nitrogens with zero attached hydrogens (tertiary/aromatic N) is 1. The summed E-state index contributed by atoms with van der Waals surface area (Å²) in [6.07, 6.45) is -2.32. The van der Waals surface area contributed by atoms with Crippen molar-refractivity contribution in [2.45, 2.75) is 63.1 Å². The summed E-state index contributed by atoms with van der Waals surface area (Å²) in [7, 11) is 0. The number of aliphatic carboxylic acids is 1. The van der Waals surface area contributed by atoms with Gasteiger partial charge in [0.1, 0.15) is 0 Å². The summed E-state index contributed by atoms with van der Waals surface area (Å²) in [5.41, 5.74) is -3.12. The molecular formula is C22H25BrF3NO4. The van der Waals surface area contributed by atoms with Gasteiger partial charge in [-0.15, -0.1) is 0 Å². The molecule has 1 amide bonds. The number of aliphatic hydroxyl groups is 1. The van der Waals surface area contributed by atoms with E-state index in [9.17, 15) is 33.0 Å². The first-order valence-electron chi connectivity index (χ1n) is 10.5. The van der Waals surface area contributed by atoms with Crippen LogP contribution in [0.4, 0.5) is 18.9 Å². The number of rotatable bonds is 5. The zero-order chi connectivity index (χ0) is 22.7. The van der Waals surface area contributed by atoms with Gasteiger partial charge in [-0.25, -0.2) is 0 Å². The molecule has 0 spiro atoms. The maximum absolute atomic E-state index is 13.3. The van der Waals surface area contributed by atoms with Gasteiger partial charge in [0, 0.05) is 22.6 Å². The smallest absolute Gasteiger partial charge is 0.417 e. The van der Waals surface area contributed by atoms with Crippen molar-refractivity contribution in [1.29, 1.82) is 0 Å². The van der Waals surface area contributed by atoms with Gasteiger partial charge in [-0.1, -0.05) is 22.0 Å². The zero-order valence-electron chi connectivity index (χ0n) is 16.9. The molecule has 0 unspecified atom stereocenters. The summed E-state index contributed by atoms with van der Waals surface area (Å²) < 4.78 is 39.9. The third kappa shape index (κ3) is 3.88. The fourth-order valence-corrected chi connectivity index (χ4v) is 5.87. The number of halogens is 4. The molecule has 5 nitrogen and oxygen atoms in total. The highest BCUT2D eigenvalue weighted by molar-refractivity contribution is 9.10. The molecule has 4 aliphatic carbocycles. The van der Waals surface area contributed by atoms with Crippen molar-refractivity contribution < 1.29 is 33.0 Å². The number of hydrogen-bond acceptors (Lipinski definition) is 3. The molecule has 1 aromatic rings. The van der Waals surface area contributed by atoms with Crippen molar-refractivity contribution in [3.63, 3.8) is 0 Å². The quantitative estimate of drug-likeness (QED) is 0.598. The van der Waals surface area contributed by atoms with Crippen molar-refractivity contribution in [2.75, 3.05) is 11.4 Å². The fourth-order valence-electron chi connectivity index (χ4n) is 5.48. The van der Waals surface area contributed by atoms with Crippen molar-refractivity contribution in [3.8, 4) is 0 Å². The summed E-state index contributed by atoms with van der Waals surface area (Å²) in [4.78, 5) is 26.6. The van der Waals surface area contributed by atoms with E-state index >= 15 is 0 Å². The Kier molecular flexibility index (Phi) is 5.44. The van der Waals surface area contributed by atoms with E-state index in [1.165, 1.54) is 0 Å². The van der Waals surface area contributed by atoms with Gasteiger partial charge in [-0.05, 0) is 75.0 Å². The van der Waals surface area contributed by atoms with Crippen molar-refractivity contribution in [2.24, 2.45) is 16.7 Å². The van der Waals surface area contributed by atoms with Gasteiger partial charge in [0.2, 0.25) is 5.91 Å². The number of carboxylic acids is 1. The molecule has 0 radical (unpaired) electrons. The number of carbonyl (C=O) groups excluding carboxylic acids is 1. The average molecular weight is 504 g/mol. The molecule has 9 heteroatoms. The van der Waals surface area contributed by atoms with Crippen LogP contribution in [0.1, 0.15) is 51.4 Å². The second-order valence-electron chi connectivity index (χ2n) is 9.62. The Bertz CT molecular complexity index is 872. The SMILES string of the molecule is O=C(O)C12CCC(CN(c3cccc(Br)c3)C(=O)[C@H]3C[C@](O)(C(F)(F)F)C3)(CC1)CC2. The molecule has 0 aromatic heterocycles. The molecule has 0 aliphatic heterocycles. The molecule has 4 fully saturated rings. The van der Waals surface area contributed by atoms with Gasteiger partial charge >= 0.3 is 12.1 Å². The fraction of sp³-hybridized carbons (Fsp3) is 0.636. The van der Waals surface area contributed by atoms with Crippen molar-refractivity contribution >= 4 is 33.5 Å². The number of benzene rings is 1. The molecule has 0 saturated heterocycles. The summed E-state index contributed by atoms with van der Waals surface area (Å²) in [6.45, 7) is 0.346. The van der Waals surface area contributed by atoms with Crippen LogP contribution >= 0.6 is 15.9 Å². The zero-order valence-corrected chi connectivity index (χ0v) is 18.5. The largest absolute Gasteiger partial charge is 0.481 e. The molecule has 1 aromatic carbocycles.